The molecule has 2 aliphatic rings. The molecule has 1 aromatic carbocycles. The van der Waals surface area contributed by atoms with Gasteiger partial charge < -0.3 is 24.8 Å². The first-order valence-corrected chi connectivity index (χ1v) is 12.8. The molecule has 2 aromatic heterocycles. The van der Waals surface area contributed by atoms with Crippen LogP contribution < -0.4 is 15.4 Å². The van der Waals surface area contributed by atoms with E-state index in [1.165, 1.54) is 5.56 Å². The normalized spacial score (nSPS) is 17.7. The van der Waals surface area contributed by atoms with Crippen molar-refractivity contribution in [1.82, 2.24) is 24.4 Å². The van der Waals surface area contributed by atoms with E-state index in [4.69, 9.17) is 10.5 Å². The van der Waals surface area contributed by atoms with Gasteiger partial charge in [0.05, 0.1) is 12.4 Å². The average Bonchev–Trinajstić information content (AvgIpc) is 3.51. The smallest absolute Gasteiger partial charge is 0.222 e. The highest BCUT2D eigenvalue weighted by atomic mass is 16.5. The van der Waals surface area contributed by atoms with Gasteiger partial charge in [0.1, 0.15) is 18.7 Å². The lowest BCUT2D eigenvalue weighted by Crippen LogP contribution is -2.37. The number of unbranched alkanes of at least 4 members (excludes halogenated alkanes) is 2. The number of benzene rings is 1. The number of nitrogens with two attached hydrogens (primary N) is 1. The van der Waals surface area contributed by atoms with Gasteiger partial charge in [-0.2, -0.15) is 0 Å². The van der Waals surface area contributed by atoms with E-state index in [-0.39, 0.29) is 11.9 Å². The van der Waals surface area contributed by atoms with Crippen LogP contribution in [0.15, 0.2) is 30.9 Å². The van der Waals surface area contributed by atoms with Crippen molar-refractivity contribution >= 4 is 22.9 Å². The number of anilines is 1. The van der Waals surface area contributed by atoms with Crippen molar-refractivity contribution in [2.45, 2.75) is 57.5 Å². The van der Waals surface area contributed by atoms with E-state index in [0.717, 1.165) is 79.9 Å². The van der Waals surface area contributed by atoms with E-state index < -0.39 is 0 Å². The van der Waals surface area contributed by atoms with Crippen LogP contribution in [0.5, 0.6) is 5.75 Å². The molecule has 0 bridgehead atoms. The zero-order valence-electron chi connectivity index (χ0n) is 20.5. The molecular weight excluding hydrogens is 442 g/mol. The fourth-order valence-corrected chi connectivity index (χ4v) is 5.27. The average molecular weight is 478 g/mol. The largest absolute Gasteiger partial charge is 0.491 e. The number of nitrogens with zero attached hydrogens (tertiary/aromatic N) is 6. The van der Waals surface area contributed by atoms with Crippen molar-refractivity contribution in [3.63, 3.8) is 0 Å². The summed E-state index contributed by atoms with van der Waals surface area (Å²) >= 11 is 0. The number of aryl methyl sites for hydroxylation is 1. The second-order valence-corrected chi connectivity index (χ2v) is 9.58. The lowest BCUT2D eigenvalue weighted by atomic mass is 9.98. The first-order valence-electron chi connectivity index (χ1n) is 12.8. The van der Waals surface area contributed by atoms with Gasteiger partial charge in [0.15, 0.2) is 17.0 Å². The third kappa shape index (κ3) is 4.96. The Morgan fingerprint density at radius 1 is 1.17 bits per heavy atom. The van der Waals surface area contributed by atoms with Crippen LogP contribution in [0.1, 0.15) is 49.7 Å². The number of carbonyl (C=O) groups excluding carboxylic acids is 1. The van der Waals surface area contributed by atoms with Gasteiger partial charge in [-0.05, 0) is 50.3 Å². The lowest BCUT2D eigenvalue weighted by molar-refractivity contribution is -0.132. The summed E-state index contributed by atoms with van der Waals surface area (Å²) in [7, 11) is 1.95. The Bertz CT molecular complexity index is 1180. The topological polar surface area (TPSA) is 102 Å². The molecule has 0 spiro atoms. The van der Waals surface area contributed by atoms with E-state index in [2.05, 4.69) is 32.0 Å². The predicted octanol–water partition coefficient (Wildman–Crippen LogP) is 2.81. The molecule has 3 aromatic rings. The number of ether oxygens (including phenoxy) is 1. The molecule has 1 fully saturated rings. The molecule has 5 rings (SSSR count). The summed E-state index contributed by atoms with van der Waals surface area (Å²) in [5.41, 5.74) is 9.68. The molecule has 0 radical (unpaired) electrons. The fourth-order valence-electron chi connectivity index (χ4n) is 5.27. The minimum absolute atomic E-state index is 0.217. The Morgan fingerprint density at radius 3 is 2.97 bits per heavy atom. The van der Waals surface area contributed by atoms with E-state index in [0.29, 0.717) is 26.1 Å². The Morgan fingerprint density at radius 2 is 2.09 bits per heavy atom. The SMILES string of the molecule is Cn1cnc2c(N3CCC[C@@H]3COc3cccc4c3CN(C(=O)CCCCCN)CC4)ncnc21. The minimum Gasteiger partial charge on any atom is -0.491 e. The maximum atomic E-state index is 12.8. The standard InChI is InChI=1S/C26H35N7O2/c1-31-18-30-24-25(31)28-17-29-26(24)33-13-6-8-20(33)16-35-22-9-5-7-19-11-14-32(15-21(19)22)23(34)10-3-2-4-12-27/h5,7,9,17-18,20H,2-4,6,8,10-16,27H2,1H3/t20-/m1/s1. The number of fused-ring (bicyclic) bond motifs is 2. The van der Waals surface area contributed by atoms with Gasteiger partial charge in [0.25, 0.3) is 0 Å². The Balaban J connectivity index is 1.26. The predicted molar refractivity (Wildman–Crippen MR) is 135 cm³/mol. The van der Waals surface area contributed by atoms with Crippen LogP contribution in [0.4, 0.5) is 5.82 Å². The van der Waals surface area contributed by atoms with Gasteiger partial charge >= 0.3 is 0 Å². The molecule has 0 aliphatic carbocycles. The van der Waals surface area contributed by atoms with Crippen molar-refractivity contribution in [3.8, 4) is 5.75 Å². The molecule has 1 saturated heterocycles. The van der Waals surface area contributed by atoms with Gasteiger partial charge in [0.2, 0.25) is 5.91 Å². The highest BCUT2D eigenvalue weighted by Gasteiger charge is 2.30. The highest BCUT2D eigenvalue weighted by molar-refractivity contribution is 5.83. The van der Waals surface area contributed by atoms with Crippen molar-refractivity contribution in [1.29, 1.82) is 0 Å². The van der Waals surface area contributed by atoms with Crippen LogP contribution in [0.3, 0.4) is 0 Å². The molecule has 1 amide bonds. The van der Waals surface area contributed by atoms with Crippen molar-refractivity contribution < 1.29 is 9.53 Å². The summed E-state index contributed by atoms with van der Waals surface area (Å²) in [5, 5.41) is 0. The maximum Gasteiger partial charge on any atom is 0.222 e. The summed E-state index contributed by atoms with van der Waals surface area (Å²) in [5.74, 6) is 2.00. The van der Waals surface area contributed by atoms with Crippen LogP contribution >= 0.6 is 0 Å². The lowest BCUT2D eigenvalue weighted by Gasteiger charge is -2.31. The fraction of sp³-hybridized carbons (Fsp3) is 0.538. The molecule has 9 nitrogen and oxygen atoms in total. The molecule has 186 valence electrons. The van der Waals surface area contributed by atoms with Gasteiger partial charge in [-0.3, -0.25) is 4.79 Å². The molecule has 2 N–H and O–H groups in total. The number of aromatic nitrogens is 4. The molecule has 2 aliphatic heterocycles. The molecule has 9 heteroatoms. The molecule has 0 unspecified atom stereocenters. The first-order chi connectivity index (χ1) is 17.2. The Kier molecular flexibility index (Phi) is 7.13. The van der Waals surface area contributed by atoms with Crippen molar-refractivity contribution in [2.24, 2.45) is 12.8 Å². The number of hydrogen-bond donors (Lipinski definition) is 1. The van der Waals surface area contributed by atoms with Gasteiger partial charge in [0, 0.05) is 38.7 Å². The number of rotatable bonds is 9. The first kappa shape index (κ1) is 23.5. The molecular formula is C26H35N7O2. The second kappa shape index (κ2) is 10.6. The molecule has 1 atom stereocenters. The second-order valence-electron chi connectivity index (χ2n) is 9.58. The minimum atomic E-state index is 0.217. The summed E-state index contributed by atoms with van der Waals surface area (Å²) < 4.78 is 8.36. The summed E-state index contributed by atoms with van der Waals surface area (Å²) in [6, 6.07) is 6.47. The zero-order valence-corrected chi connectivity index (χ0v) is 20.5. The third-order valence-corrected chi connectivity index (χ3v) is 7.24. The monoisotopic (exact) mass is 477 g/mol. The molecule has 0 saturated carbocycles. The number of hydrogen-bond acceptors (Lipinski definition) is 7. The van der Waals surface area contributed by atoms with Crippen LogP contribution in [-0.2, 0) is 24.8 Å². The van der Waals surface area contributed by atoms with Crippen LogP contribution in [0, 0.1) is 0 Å². The zero-order chi connectivity index (χ0) is 24.2. The molecule has 35 heavy (non-hydrogen) atoms. The number of amides is 1. The van der Waals surface area contributed by atoms with Crippen LogP contribution in [-0.4, -0.2) is 62.6 Å². The third-order valence-electron chi connectivity index (χ3n) is 7.24. The summed E-state index contributed by atoms with van der Waals surface area (Å²) in [6.45, 7) is 3.58. The van der Waals surface area contributed by atoms with Crippen LogP contribution in [0.25, 0.3) is 11.2 Å². The van der Waals surface area contributed by atoms with Gasteiger partial charge in [-0.25, -0.2) is 15.0 Å². The van der Waals surface area contributed by atoms with E-state index in [1.807, 2.05) is 22.6 Å². The quantitative estimate of drug-likeness (QED) is 0.473. The maximum absolute atomic E-state index is 12.8. The van der Waals surface area contributed by atoms with E-state index >= 15 is 0 Å². The van der Waals surface area contributed by atoms with Gasteiger partial charge in [-0.15, -0.1) is 0 Å². The van der Waals surface area contributed by atoms with Crippen molar-refractivity contribution in [2.75, 3.05) is 31.1 Å². The summed E-state index contributed by atoms with van der Waals surface area (Å²) in [4.78, 5) is 30.6. The number of imidazole rings is 1. The summed E-state index contributed by atoms with van der Waals surface area (Å²) in [6.07, 6.45) is 9.89. The number of carbonyl (C=O) groups is 1. The van der Waals surface area contributed by atoms with Gasteiger partial charge in [-0.1, -0.05) is 18.6 Å². The highest BCUT2D eigenvalue weighted by Crippen LogP contribution is 2.32. The van der Waals surface area contributed by atoms with E-state index in [1.54, 1.807) is 12.7 Å². The Labute approximate surface area is 206 Å². The molecule has 4 heterocycles. The van der Waals surface area contributed by atoms with E-state index in [9.17, 15) is 4.79 Å². The van der Waals surface area contributed by atoms with Crippen molar-refractivity contribution in [3.05, 3.63) is 42.0 Å². The van der Waals surface area contributed by atoms with Crippen LogP contribution in [0.2, 0.25) is 0 Å². The Hall–Kier alpha value is -3.20.